The summed E-state index contributed by atoms with van der Waals surface area (Å²) >= 11 is 5.56. The van der Waals surface area contributed by atoms with Crippen molar-refractivity contribution in [2.24, 2.45) is 5.14 Å². The first-order chi connectivity index (χ1) is 5.95. The highest BCUT2D eigenvalue weighted by Crippen LogP contribution is 2.19. The van der Waals surface area contributed by atoms with E-state index in [9.17, 15) is 13.5 Å². The molecule has 0 unspecified atom stereocenters. The highest BCUT2D eigenvalue weighted by molar-refractivity contribution is 7.89. The Morgan fingerprint density at radius 1 is 1.38 bits per heavy atom. The minimum absolute atomic E-state index is 0.131. The van der Waals surface area contributed by atoms with Crippen LogP contribution < -0.4 is 5.14 Å². The summed E-state index contributed by atoms with van der Waals surface area (Å²) in [6.07, 6.45) is 0. The molecule has 2 N–H and O–H groups in total. The van der Waals surface area contributed by atoms with Crippen LogP contribution in [0.4, 0.5) is 0 Å². The quantitative estimate of drug-likeness (QED) is 0.804. The van der Waals surface area contributed by atoms with E-state index in [2.05, 4.69) is 0 Å². The van der Waals surface area contributed by atoms with Crippen LogP contribution in [0.2, 0.25) is 5.02 Å². The van der Waals surface area contributed by atoms with E-state index in [1.165, 1.54) is 18.2 Å². The summed E-state index contributed by atoms with van der Waals surface area (Å²) in [7, 11) is -3.85. The lowest BCUT2D eigenvalue weighted by Crippen LogP contribution is -2.14. The summed E-state index contributed by atoms with van der Waals surface area (Å²) in [6, 6.07) is 3.97. The fourth-order valence-corrected chi connectivity index (χ4v) is 1.93. The van der Waals surface area contributed by atoms with Crippen LogP contribution in [-0.2, 0) is 21.7 Å². The van der Waals surface area contributed by atoms with Gasteiger partial charge in [0.15, 0.2) is 0 Å². The lowest BCUT2D eigenvalue weighted by molar-refractivity contribution is 0.175. The van der Waals surface area contributed by atoms with Gasteiger partial charge in [0.25, 0.3) is 0 Å². The summed E-state index contributed by atoms with van der Waals surface area (Å²) in [5, 5.41) is 15.7. The lowest BCUT2D eigenvalue weighted by Gasteiger charge is -2.03. The SMILES string of the molecule is NS(=O)(=O)c1cc(Cl)ccc1C[O]. The number of benzene rings is 1. The third-order valence-corrected chi connectivity index (χ3v) is 2.72. The molecule has 13 heavy (non-hydrogen) atoms. The summed E-state index contributed by atoms with van der Waals surface area (Å²) < 4.78 is 21.9. The Labute approximate surface area is 81.0 Å². The molecule has 1 aromatic rings. The maximum Gasteiger partial charge on any atom is 0.238 e. The Kier molecular flexibility index (Phi) is 2.92. The Morgan fingerprint density at radius 2 is 2.00 bits per heavy atom. The van der Waals surface area contributed by atoms with Crippen LogP contribution in [0, 0.1) is 0 Å². The minimum atomic E-state index is -3.85. The third kappa shape index (κ3) is 2.41. The number of nitrogens with two attached hydrogens (primary N) is 1. The van der Waals surface area contributed by atoms with Crippen molar-refractivity contribution in [2.45, 2.75) is 11.5 Å². The standard InChI is InChI=1S/C7H7ClNO3S/c8-6-2-1-5(4-10)7(3-6)13(9,11)12/h1-3H,4H2,(H2,9,11,12). The molecule has 1 rings (SSSR count). The largest absolute Gasteiger partial charge is 0.238 e. The zero-order valence-corrected chi connectivity index (χ0v) is 8.10. The molecular formula is C7H7ClNO3S. The Bertz CT molecular complexity index is 416. The van der Waals surface area contributed by atoms with Crippen LogP contribution in [0.3, 0.4) is 0 Å². The topological polar surface area (TPSA) is 80.1 Å². The van der Waals surface area contributed by atoms with Crippen molar-refractivity contribution in [3.63, 3.8) is 0 Å². The summed E-state index contributed by atoms with van der Waals surface area (Å²) in [6.45, 7) is -0.636. The molecule has 0 saturated carbocycles. The van der Waals surface area contributed by atoms with E-state index < -0.39 is 16.6 Å². The fraction of sp³-hybridized carbons (Fsp3) is 0.143. The van der Waals surface area contributed by atoms with Crippen LogP contribution in [0.5, 0.6) is 0 Å². The number of halogens is 1. The predicted octanol–water partition coefficient (Wildman–Crippen LogP) is 0.918. The van der Waals surface area contributed by atoms with Crippen molar-refractivity contribution in [3.05, 3.63) is 28.8 Å². The Balaban J connectivity index is 3.41. The molecule has 0 aliphatic heterocycles. The van der Waals surface area contributed by atoms with Gasteiger partial charge in [0.2, 0.25) is 10.0 Å². The van der Waals surface area contributed by atoms with Gasteiger partial charge >= 0.3 is 0 Å². The fourth-order valence-electron chi connectivity index (χ4n) is 0.912. The number of hydrogen-bond donors (Lipinski definition) is 1. The van der Waals surface area contributed by atoms with Crippen molar-refractivity contribution < 1.29 is 13.5 Å². The summed E-state index contributed by atoms with van der Waals surface area (Å²) in [5.74, 6) is 0. The molecule has 4 nitrogen and oxygen atoms in total. The van der Waals surface area contributed by atoms with Gasteiger partial charge in [-0.1, -0.05) is 17.7 Å². The zero-order valence-electron chi connectivity index (χ0n) is 6.53. The highest BCUT2D eigenvalue weighted by atomic mass is 35.5. The van der Waals surface area contributed by atoms with Crippen molar-refractivity contribution in [1.82, 2.24) is 0 Å². The van der Waals surface area contributed by atoms with Gasteiger partial charge in [0.05, 0.1) is 4.90 Å². The maximum atomic E-state index is 10.9. The first kappa shape index (κ1) is 10.5. The van der Waals surface area contributed by atoms with Crippen molar-refractivity contribution >= 4 is 21.6 Å². The normalized spacial score (nSPS) is 11.6. The minimum Gasteiger partial charge on any atom is -0.232 e. The smallest absolute Gasteiger partial charge is 0.232 e. The Morgan fingerprint density at radius 3 is 2.46 bits per heavy atom. The van der Waals surface area contributed by atoms with Crippen LogP contribution in [-0.4, -0.2) is 8.42 Å². The van der Waals surface area contributed by atoms with Crippen LogP contribution in [0.15, 0.2) is 23.1 Å². The van der Waals surface area contributed by atoms with Gasteiger partial charge in [-0.25, -0.2) is 18.7 Å². The van der Waals surface area contributed by atoms with Crippen molar-refractivity contribution in [2.75, 3.05) is 0 Å². The molecule has 0 saturated heterocycles. The first-order valence-electron chi connectivity index (χ1n) is 3.34. The second-order valence-electron chi connectivity index (χ2n) is 2.44. The number of primary sulfonamides is 1. The highest BCUT2D eigenvalue weighted by Gasteiger charge is 2.13. The van der Waals surface area contributed by atoms with Gasteiger partial charge in [0, 0.05) is 10.6 Å². The molecule has 71 valence electrons. The molecule has 0 aliphatic rings. The molecule has 0 atom stereocenters. The molecule has 0 aliphatic carbocycles. The third-order valence-electron chi connectivity index (χ3n) is 1.49. The molecule has 1 aromatic carbocycles. The van der Waals surface area contributed by atoms with Crippen LogP contribution in [0.25, 0.3) is 0 Å². The number of sulfonamides is 1. The van der Waals surface area contributed by atoms with Crippen LogP contribution >= 0.6 is 11.6 Å². The molecule has 0 bridgehead atoms. The van der Waals surface area contributed by atoms with E-state index >= 15 is 0 Å². The molecule has 1 radical (unpaired) electrons. The average Bonchev–Trinajstić information content (AvgIpc) is 2.03. The van der Waals surface area contributed by atoms with Gasteiger partial charge in [-0.2, -0.15) is 0 Å². The van der Waals surface area contributed by atoms with Crippen LogP contribution in [0.1, 0.15) is 5.56 Å². The van der Waals surface area contributed by atoms with E-state index in [0.29, 0.717) is 0 Å². The van der Waals surface area contributed by atoms with E-state index in [1.54, 1.807) is 0 Å². The van der Waals surface area contributed by atoms with Gasteiger partial charge < -0.3 is 0 Å². The zero-order chi connectivity index (χ0) is 10.1. The second kappa shape index (κ2) is 3.63. The van der Waals surface area contributed by atoms with Crippen molar-refractivity contribution in [3.8, 4) is 0 Å². The monoisotopic (exact) mass is 220 g/mol. The molecule has 0 amide bonds. The summed E-state index contributed by atoms with van der Waals surface area (Å²) in [5.41, 5.74) is 0.131. The second-order valence-corrected chi connectivity index (χ2v) is 4.41. The van der Waals surface area contributed by atoms with Gasteiger partial charge in [0.1, 0.15) is 6.61 Å². The van der Waals surface area contributed by atoms with Gasteiger partial charge in [-0.3, -0.25) is 0 Å². The molecule has 0 aromatic heterocycles. The van der Waals surface area contributed by atoms with Gasteiger partial charge in [-0.05, 0) is 12.1 Å². The van der Waals surface area contributed by atoms with Gasteiger partial charge in [-0.15, -0.1) is 0 Å². The number of hydrogen-bond acceptors (Lipinski definition) is 2. The van der Waals surface area contributed by atoms with Crippen molar-refractivity contribution in [1.29, 1.82) is 0 Å². The van der Waals surface area contributed by atoms with E-state index in [0.717, 1.165) is 0 Å². The molecular weight excluding hydrogens is 214 g/mol. The van der Waals surface area contributed by atoms with E-state index in [-0.39, 0.29) is 15.5 Å². The first-order valence-corrected chi connectivity index (χ1v) is 5.27. The molecule has 0 heterocycles. The predicted molar refractivity (Wildman–Crippen MR) is 47.2 cm³/mol. The molecule has 0 fully saturated rings. The molecule has 6 heteroatoms. The lowest BCUT2D eigenvalue weighted by atomic mass is 10.2. The average molecular weight is 221 g/mol. The maximum absolute atomic E-state index is 10.9. The van der Waals surface area contributed by atoms with E-state index in [1.807, 2.05) is 0 Å². The Hall–Kier alpha value is -0.620. The molecule has 0 spiro atoms. The number of rotatable bonds is 2. The summed E-state index contributed by atoms with van der Waals surface area (Å²) in [4.78, 5) is -0.199. The van der Waals surface area contributed by atoms with E-state index in [4.69, 9.17) is 16.7 Å².